The van der Waals surface area contributed by atoms with Crippen LogP contribution in [0.15, 0.2) is 18.2 Å². The molecule has 5 heteroatoms. The third-order valence-corrected chi connectivity index (χ3v) is 3.66. The first kappa shape index (κ1) is 13.7. The lowest BCUT2D eigenvalue weighted by Crippen LogP contribution is -2.36. The van der Waals surface area contributed by atoms with Crippen LogP contribution < -0.4 is 5.32 Å². The molecule has 98 valence electrons. The minimum atomic E-state index is 0.158. The number of benzene rings is 1. The van der Waals surface area contributed by atoms with Crippen molar-refractivity contribution in [2.75, 3.05) is 19.6 Å². The average molecular weight is 287 g/mol. The van der Waals surface area contributed by atoms with E-state index in [2.05, 4.69) is 5.32 Å². The van der Waals surface area contributed by atoms with Gasteiger partial charge in [-0.15, -0.1) is 0 Å². The fourth-order valence-corrected chi connectivity index (χ4v) is 2.44. The predicted octanol–water partition coefficient (Wildman–Crippen LogP) is 2.71. The van der Waals surface area contributed by atoms with Gasteiger partial charge in [0.15, 0.2) is 0 Å². The van der Waals surface area contributed by atoms with E-state index in [9.17, 15) is 4.79 Å². The van der Waals surface area contributed by atoms with E-state index in [4.69, 9.17) is 23.2 Å². The molecule has 1 aliphatic heterocycles. The molecule has 1 aliphatic rings. The molecule has 3 nitrogen and oxygen atoms in total. The molecule has 1 amide bonds. The maximum Gasteiger partial charge on any atom is 0.236 e. The van der Waals surface area contributed by atoms with Crippen LogP contribution in [0, 0.1) is 0 Å². The molecule has 1 N–H and O–H groups in total. The van der Waals surface area contributed by atoms with Crippen LogP contribution in [0.4, 0.5) is 0 Å². The normalized spacial score (nSPS) is 15.1. The van der Waals surface area contributed by atoms with E-state index in [0.717, 1.165) is 31.5 Å². The van der Waals surface area contributed by atoms with E-state index in [-0.39, 0.29) is 5.91 Å². The second-order valence-corrected chi connectivity index (χ2v) is 5.27. The van der Waals surface area contributed by atoms with E-state index in [1.54, 1.807) is 12.1 Å². The largest absolute Gasteiger partial charge is 0.342 e. The number of amides is 1. The Morgan fingerprint density at radius 2 is 2.00 bits per heavy atom. The monoisotopic (exact) mass is 286 g/mol. The first-order valence-corrected chi connectivity index (χ1v) is 6.85. The SMILES string of the molecule is O=C(CNCc1cc(Cl)ccc1Cl)N1CCCC1. The second kappa shape index (κ2) is 6.41. The summed E-state index contributed by atoms with van der Waals surface area (Å²) in [7, 11) is 0. The number of hydrogen-bond acceptors (Lipinski definition) is 2. The van der Waals surface area contributed by atoms with Gasteiger partial charge in [0.05, 0.1) is 6.54 Å². The summed E-state index contributed by atoms with van der Waals surface area (Å²) in [5.74, 6) is 0.158. The van der Waals surface area contributed by atoms with Crippen LogP contribution >= 0.6 is 23.2 Å². The third kappa shape index (κ3) is 3.61. The highest BCUT2D eigenvalue weighted by molar-refractivity contribution is 6.33. The average Bonchev–Trinajstić information content (AvgIpc) is 2.87. The van der Waals surface area contributed by atoms with Gasteiger partial charge in [-0.05, 0) is 36.6 Å². The number of carbonyl (C=O) groups is 1. The number of carbonyl (C=O) groups excluding carboxylic acids is 1. The molecule has 0 radical (unpaired) electrons. The lowest BCUT2D eigenvalue weighted by molar-refractivity contribution is -0.129. The van der Waals surface area contributed by atoms with Gasteiger partial charge in [-0.3, -0.25) is 4.79 Å². The van der Waals surface area contributed by atoms with Crippen LogP contribution in [-0.4, -0.2) is 30.4 Å². The highest BCUT2D eigenvalue weighted by Crippen LogP contribution is 2.20. The molecular weight excluding hydrogens is 271 g/mol. The lowest BCUT2D eigenvalue weighted by atomic mass is 10.2. The molecule has 0 unspecified atom stereocenters. The van der Waals surface area contributed by atoms with Crippen LogP contribution in [0.25, 0.3) is 0 Å². The van der Waals surface area contributed by atoms with Crippen molar-refractivity contribution in [3.8, 4) is 0 Å². The summed E-state index contributed by atoms with van der Waals surface area (Å²) >= 11 is 11.9. The highest BCUT2D eigenvalue weighted by Gasteiger charge is 2.17. The molecule has 0 aliphatic carbocycles. The molecule has 1 saturated heterocycles. The summed E-state index contributed by atoms with van der Waals surface area (Å²) in [6.45, 7) is 2.68. The van der Waals surface area contributed by atoms with Gasteiger partial charge in [-0.25, -0.2) is 0 Å². The van der Waals surface area contributed by atoms with Gasteiger partial charge in [-0.2, -0.15) is 0 Å². The fourth-order valence-electron chi connectivity index (χ4n) is 2.06. The van der Waals surface area contributed by atoms with Gasteiger partial charge in [0.25, 0.3) is 0 Å². The van der Waals surface area contributed by atoms with Gasteiger partial charge in [0, 0.05) is 29.7 Å². The first-order chi connectivity index (χ1) is 8.66. The number of hydrogen-bond donors (Lipinski definition) is 1. The van der Waals surface area contributed by atoms with E-state index in [1.165, 1.54) is 0 Å². The molecule has 1 aromatic rings. The van der Waals surface area contributed by atoms with Crippen LogP contribution in [0.1, 0.15) is 18.4 Å². The Labute approximate surface area is 117 Å². The molecule has 0 spiro atoms. The Kier molecular flexibility index (Phi) is 4.87. The molecule has 0 bridgehead atoms. The van der Waals surface area contributed by atoms with Crippen molar-refractivity contribution in [2.45, 2.75) is 19.4 Å². The quantitative estimate of drug-likeness (QED) is 0.923. The fraction of sp³-hybridized carbons (Fsp3) is 0.462. The highest BCUT2D eigenvalue weighted by atomic mass is 35.5. The van der Waals surface area contributed by atoms with Gasteiger partial charge < -0.3 is 10.2 Å². The van der Waals surface area contributed by atoms with Crippen LogP contribution in [0.5, 0.6) is 0 Å². The summed E-state index contributed by atoms with van der Waals surface area (Å²) in [6, 6.07) is 5.34. The zero-order valence-electron chi connectivity index (χ0n) is 10.1. The number of nitrogens with one attached hydrogen (secondary N) is 1. The number of rotatable bonds is 4. The Morgan fingerprint density at radius 1 is 1.28 bits per heavy atom. The number of nitrogens with zero attached hydrogens (tertiary/aromatic N) is 1. The van der Waals surface area contributed by atoms with Crippen LogP contribution in [0.2, 0.25) is 10.0 Å². The van der Waals surface area contributed by atoms with Crippen molar-refractivity contribution < 1.29 is 4.79 Å². The molecule has 18 heavy (non-hydrogen) atoms. The molecular formula is C13H16Cl2N2O. The molecule has 1 aromatic carbocycles. The molecule has 0 saturated carbocycles. The van der Waals surface area contributed by atoms with Gasteiger partial charge in [0.2, 0.25) is 5.91 Å². The number of likely N-dealkylation sites (tertiary alicyclic amines) is 1. The molecule has 1 heterocycles. The maximum absolute atomic E-state index is 11.8. The van der Waals surface area contributed by atoms with Crippen molar-refractivity contribution in [3.63, 3.8) is 0 Å². The Balaban J connectivity index is 1.81. The molecule has 0 atom stereocenters. The zero-order valence-corrected chi connectivity index (χ0v) is 11.6. The van der Waals surface area contributed by atoms with Crippen LogP contribution in [0.3, 0.4) is 0 Å². The number of halogens is 2. The molecule has 2 rings (SSSR count). The van der Waals surface area contributed by atoms with Gasteiger partial charge >= 0.3 is 0 Å². The predicted molar refractivity (Wildman–Crippen MR) is 74.0 cm³/mol. The van der Waals surface area contributed by atoms with E-state index >= 15 is 0 Å². The second-order valence-electron chi connectivity index (χ2n) is 4.43. The summed E-state index contributed by atoms with van der Waals surface area (Å²) in [5, 5.41) is 4.43. The molecule has 0 aromatic heterocycles. The van der Waals surface area contributed by atoms with Crippen molar-refractivity contribution in [3.05, 3.63) is 33.8 Å². The Morgan fingerprint density at radius 3 is 2.72 bits per heavy atom. The zero-order chi connectivity index (χ0) is 13.0. The summed E-state index contributed by atoms with van der Waals surface area (Å²) in [4.78, 5) is 13.7. The van der Waals surface area contributed by atoms with Crippen LogP contribution in [-0.2, 0) is 11.3 Å². The maximum atomic E-state index is 11.8. The minimum absolute atomic E-state index is 0.158. The third-order valence-electron chi connectivity index (χ3n) is 3.06. The van der Waals surface area contributed by atoms with Crippen molar-refractivity contribution >= 4 is 29.1 Å². The van der Waals surface area contributed by atoms with E-state index in [0.29, 0.717) is 23.1 Å². The summed E-state index contributed by atoms with van der Waals surface area (Å²) < 4.78 is 0. The first-order valence-electron chi connectivity index (χ1n) is 6.09. The Hall–Kier alpha value is -0.770. The van der Waals surface area contributed by atoms with E-state index in [1.807, 2.05) is 11.0 Å². The summed E-state index contributed by atoms with van der Waals surface area (Å²) in [6.07, 6.45) is 2.23. The lowest BCUT2D eigenvalue weighted by Gasteiger charge is -2.15. The van der Waals surface area contributed by atoms with Crippen molar-refractivity contribution in [1.82, 2.24) is 10.2 Å². The smallest absolute Gasteiger partial charge is 0.236 e. The Bertz CT molecular complexity index is 431. The van der Waals surface area contributed by atoms with Crippen molar-refractivity contribution in [2.24, 2.45) is 0 Å². The van der Waals surface area contributed by atoms with Gasteiger partial charge in [-0.1, -0.05) is 23.2 Å². The topological polar surface area (TPSA) is 32.3 Å². The summed E-state index contributed by atoms with van der Waals surface area (Å²) in [5.41, 5.74) is 0.915. The van der Waals surface area contributed by atoms with Crippen molar-refractivity contribution in [1.29, 1.82) is 0 Å². The molecule has 1 fully saturated rings. The minimum Gasteiger partial charge on any atom is -0.342 e. The standard InChI is InChI=1S/C13H16Cl2N2O/c14-11-3-4-12(15)10(7-11)8-16-9-13(18)17-5-1-2-6-17/h3-4,7,16H,1-2,5-6,8-9H2. The van der Waals surface area contributed by atoms with E-state index < -0.39 is 0 Å². The van der Waals surface area contributed by atoms with Gasteiger partial charge in [0.1, 0.15) is 0 Å².